The largest absolute Gasteiger partial charge is 0.382 e. The first-order valence-electron chi connectivity index (χ1n) is 8.10. The molecule has 0 radical (unpaired) electrons. The van der Waals surface area contributed by atoms with Gasteiger partial charge in [-0.1, -0.05) is 6.07 Å². The predicted octanol–water partition coefficient (Wildman–Crippen LogP) is 2.00. The predicted molar refractivity (Wildman–Crippen MR) is 96.8 cm³/mol. The molecule has 0 aliphatic heterocycles. The number of nitrogens with one attached hydrogen (secondary N) is 1. The van der Waals surface area contributed by atoms with Crippen molar-refractivity contribution in [2.75, 3.05) is 30.3 Å². The zero-order valence-corrected chi connectivity index (χ0v) is 15.9. The lowest BCUT2D eigenvalue weighted by Gasteiger charge is -2.28. The molecule has 1 rings (SSSR count). The molecule has 24 heavy (non-hydrogen) atoms. The lowest BCUT2D eigenvalue weighted by molar-refractivity contribution is -0.121. The normalized spacial score (nSPS) is 12.7. The van der Waals surface area contributed by atoms with Crippen LogP contribution in [0.2, 0.25) is 0 Å². The lowest BCUT2D eigenvalue weighted by atomic mass is 10.1. The number of hydrogen-bond donors (Lipinski definition) is 1. The molecule has 0 saturated carbocycles. The van der Waals surface area contributed by atoms with Crippen molar-refractivity contribution in [2.45, 2.75) is 40.2 Å². The fraction of sp³-hybridized carbons (Fsp3) is 0.588. The molecule has 0 saturated heterocycles. The maximum atomic E-state index is 12.3. The Kier molecular flexibility index (Phi) is 7.69. The molecule has 0 aliphatic rings. The molecule has 0 heterocycles. The van der Waals surface area contributed by atoms with Crippen molar-refractivity contribution in [3.63, 3.8) is 0 Å². The Morgan fingerprint density at radius 1 is 1.25 bits per heavy atom. The molecular weight excluding hydrogens is 328 g/mol. The van der Waals surface area contributed by atoms with Crippen LogP contribution in [0.5, 0.6) is 0 Å². The molecule has 0 aromatic heterocycles. The van der Waals surface area contributed by atoms with Crippen LogP contribution in [0.15, 0.2) is 18.2 Å². The van der Waals surface area contributed by atoms with E-state index in [-0.39, 0.29) is 5.91 Å². The van der Waals surface area contributed by atoms with Gasteiger partial charge in [0.05, 0.1) is 11.9 Å². The van der Waals surface area contributed by atoms with E-state index in [0.717, 1.165) is 17.4 Å². The molecule has 0 spiro atoms. The van der Waals surface area contributed by atoms with E-state index in [1.807, 2.05) is 26.8 Å². The summed E-state index contributed by atoms with van der Waals surface area (Å²) in [4.78, 5) is 12.3. The van der Waals surface area contributed by atoms with Crippen LogP contribution < -0.4 is 9.62 Å². The number of ether oxygens (including phenoxy) is 1. The number of rotatable bonds is 9. The standard InChI is InChI=1S/C17H28N2O4S/c1-6-23-9-7-8-18-17(20)15(4)19(24(5,21)22)16-11-13(2)10-14(3)12-16/h10-12,15H,6-9H2,1-5H3,(H,18,20)/t15-/m0/s1. The summed E-state index contributed by atoms with van der Waals surface area (Å²) in [5.74, 6) is -0.323. The number of aryl methyl sites for hydroxylation is 2. The Morgan fingerprint density at radius 3 is 2.33 bits per heavy atom. The van der Waals surface area contributed by atoms with Crippen LogP contribution in [0, 0.1) is 13.8 Å². The average Bonchev–Trinajstić information content (AvgIpc) is 2.44. The Bertz CT molecular complexity index is 638. The molecule has 1 aromatic rings. The van der Waals surface area contributed by atoms with Crippen molar-refractivity contribution in [1.29, 1.82) is 0 Å². The van der Waals surface area contributed by atoms with Gasteiger partial charge >= 0.3 is 0 Å². The summed E-state index contributed by atoms with van der Waals surface area (Å²) in [6, 6.07) is 4.68. The molecule has 136 valence electrons. The van der Waals surface area contributed by atoms with Gasteiger partial charge in [0.1, 0.15) is 6.04 Å². The highest BCUT2D eigenvalue weighted by molar-refractivity contribution is 7.92. The van der Waals surface area contributed by atoms with E-state index >= 15 is 0 Å². The van der Waals surface area contributed by atoms with Crippen LogP contribution >= 0.6 is 0 Å². The zero-order valence-electron chi connectivity index (χ0n) is 15.1. The molecule has 1 atom stereocenters. The number of amides is 1. The Hall–Kier alpha value is -1.60. The van der Waals surface area contributed by atoms with Gasteiger partial charge in [-0.3, -0.25) is 9.10 Å². The van der Waals surface area contributed by atoms with E-state index in [2.05, 4.69) is 5.32 Å². The van der Waals surface area contributed by atoms with Crippen molar-refractivity contribution in [2.24, 2.45) is 0 Å². The van der Waals surface area contributed by atoms with Crippen LogP contribution in [0.25, 0.3) is 0 Å². The van der Waals surface area contributed by atoms with Crippen LogP contribution in [0.3, 0.4) is 0 Å². The summed E-state index contributed by atoms with van der Waals surface area (Å²) in [6.45, 7) is 8.96. The SMILES string of the molecule is CCOCCCNC(=O)[C@H](C)N(c1cc(C)cc(C)c1)S(C)(=O)=O. The van der Waals surface area contributed by atoms with Crippen molar-refractivity contribution in [3.05, 3.63) is 29.3 Å². The van der Waals surface area contributed by atoms with Gasteiger partial charge in [-0.05, 0) is 57.4 Å². The first-order valence-corrected chi connectivity index (χ1v) is 9.94. The first kappa shape index (κ1) is 20.4. The number of anilines is 1. The second-order valence-corrected chi connectivity index (χ2v) is 7.78. The molecule has 1 aromatic carbocycles. The van der Waals surface area contributed by atoms with Gasteiger partial charge in [0.25, 0.3) is 0 Å². The van der Waals surface area contributed by atoms with E-state index in [1.165, 1.54) is 4.31 Å². The number of carbonyl (C=O) groups is 1. The summed E-state index contributed by atoms with van der Waals surface area (Å²) < 4.78 is 30.9. The average molecular weight is 356 g/mol. The number of benzene rings is 1. The lowest BCUT2D eigenvalue weighted by Crippen LogP contribution is -2.48. The van der Waals surface area contributed by atoms with Gasteiger partial charge in [-0.2, -0.15) is 0 Å². The zero-order chi connectivity index (χ0) is 18.3. The number of hydrogen-bond acceptors (Lipinski definition) is 4. The second kappa shape index (κ2) is 9.03. The smallest absolute Gasteiger partial charge is 0.243 e. The van der Waals surface area contributed by atoms with E-state index in [0.29, 0.717) is 31.9 Å². The Labute approximate surface area is 145 Å². The van der Waals surface area contributed by atoms with E-state index in [4.69, 9.17) is 4.74 Å². The molecule has 1 amide bonds. The van der Waals surface area contributed by atoms with Gasteiger partial charge in [0.15, 0.2) is 0 Å². The highest BCUT2D eigenvalue weighted by atomic mass is 32.2. The third-order valence-corrected chi connectivity index (χ3v) is 4.76. The summed E-state index contributed by atoms with van der Waals surface area (Å²) in [5.41, 5.74) is 2.40. The molecular formula is C17H28N2O4S. The van der Waals surface area contributed by atoms with E-state index in [9.17, 15) is 13.2 Å². The first-order chi connectivity index (χ1) is 11.2. The Morgan fingerprint density at radius 2 is 1.83 bits per heavy atom. The second-order valence-electron chi connectivity index (χ2n) is 5.92. The summed E-state index contributed by atoms with van der Waals surface area (Å²) in [6.07, 6.45) is 1.80. The molecule has 0 unspecified atom stereocenters. The number of sulfonamides is 1. The van der Waals surface area contributed by atoms with Crippen LogP contribution in [0.1, 0.15) is 31.4 Å². The number of nitrogens with zero attached hydrogens (tertiary/aromatic N) is 1. The Balaban J connectivity index is 2.90. The van der Waals surface area contributed by atoms with Gasteiger partial charge in [0.2, 0.25) is 15.9 Å². The van der Waals surface area contributed by atoms with Crippen LogP contribution in [-0.2, 0) is 19.6 Å². The third kappa shape index (κ3) is 6.13. The fourth-order valence-electron chi connectivity index (χ4n) is 2.56. The summed E-state index contributed by atoms with van der Waals surface area (Å²) in [5, 5.41) is 2.77. The molecule has 0 aliphatic carbocycles. The van der Waals surface area contributed by atoms with Crippen LogP contribution in [-0.4, -0.2) is 46.4 Å². The minimum Gasteiger partial charge on any atom is -0.382 e. The van der Waals surface area contributed by atoms with Crippen molar-refractivity contribution in [1.82, 2.24) is 5.32 Å². The monoisotopic (exact) mass is 356 g/mol. The molecule has 0 bridgehead atoms. The minimum atomic E-state index is -3.59. The van der Waals surface area contributed by atoms with Gasteiger partial charge < -0.3 is 10.1 Å². The third-order valence-electron chi connectivity index (χ3n) is 3.52. The van der Waals surface area contributed by atoms with E-state index < -0.39 is 16.1 Å². The van der Waals surface area contributed by atoms with Crippen molar-refractivity contribution >= 4 is 21.6 Å². The van der Waals surface area contributed by atoms with Crippen molar-refractivity contribution in [3.8, 4) is 0 Å². The number of carbonyl (C=O) groups excluding carboxylic acids is 1. The van der Waals surface area contributed by atoms with Crippen LogP contribution in [0.4, 0.5) is 5.69 Å². The van der Waals surface area contributed by atoms with Gasteiger partial charge in [-0.15, -0.1) is 0 Å². The van der Waals surface area contributed by atoms with Gasteiger partial charge in [0, 0.05) is 19.8 Å². The minimum absolute atomic E-state index is 0.323. The summed E-state index contributed by atoms with van der Waals surface area (Å²) in [7, 11) is -3.59. The fourth-order valence-corrected chi connectivity index (χ4v) is 3.72. The van der Waals surface area contributed by atoms with Crippen molar-refractivity contribution < 1.29 is 17.9 Å². The van der Waals surface area contributed by atoms with E-state index in [1.54, 1.807) is 19.1 Å². The highest BCUT2D eigenvalue weighted by Gasteiger charge is 2.29. The summed E-state index contributed by atoms with van der Waals surface area (Å²) >= 11 is 0. The highest BCUT2D eigenvalue weighted by Crippen LogP contribution is 2.23. The molecule has 1 N–H and O–H groups in total. The molecule has 6 nitrogen and oxygen atoms in total. The van der Waals surface area contributed by atoms with Gasteiger partial charge in [-0.25, -0.2) is 8.42 Å². The molecule has 0 fully saturated rings. The maximum Gasteiger partial charge on any atom is 0.243 e. The topological polar surface area (TPSA) is 75.7 Å². The quantitative estimate of drug-likeness (QED) is 0.687. The molecule has 7 heteroatoms. The maximum absolute atomic E-state index is 12.3.